The molecule has 15 heteroatoms. The molecule has 1 aliphatic heterocycles. The zero-order valence-corrected chi connectivity index (χ0v) is 63.6. The Morgan fingerprint density at radius 1 is 0.421 bits per heavy atom. The molecule has 1 atom stereocenters. The molecule has 15 aromatic rings. The van der Waals surface area contributed by atoms with Crippen molar-refractivity contribution in [2.45, 2.75) is 19.0 Å². The van der Waals surface area contributed by atoms with Crippen LogP contribution in [0.2, 0.25) is 0 Å². The molecule has 0 bridgehead atoms. The molecule has 13 aromatic carbocycles. The molecule has 0 aliphatic carbocycles. The quantitative estimate of drug-likeness (QED) is 0.0782. The van der Waals surface area contributed by atoms with Crippen molar-refractivity contribution in [3.05, 3.63) is 441 Å². The first kappa shape index (κ1) is 77.0. The summed E-state index contributed by atoms with van der Waals surface area (Å²) in [5, 5.41) is 28.5. The number of carbonyl (C=O) groups excluding carboxylic acids is 1. The van der Waals surface area contributed by atoms with Crippen molar-refractivity contribution in [3.63, 3.8) is 0 Å². The topological polar surface area (TPSA) is 122 Å². The largest absolute Gasteiger partial charge is 0.381 e. The van der Waals surface area contributed by atoms with Crippen LogP contribution < -0.4 is 74.7 Å². The van der Waals surface area contributed by atoms with Crippen molar-refractivity contribution in [2.24, 2.45) is 10.7 Å². The summed E-state index contributed by atoms with van der Waals surface area (Å²) in [5.41, 5.74) is 5.63. The summed E-state index contributed by atoms with van der Waals surface area (Å²) in [7, 11) is -1.78. The number of anilines is 1. The normalized spacial score (nSPS) is 12.4. The average molecular weight is 1560 g/mol. The first-order chi connectivity index (χ1) is 52.1. The zero-order chi connectivity index (χ0) is 73.1. The molecule has 16 rings (SSSR count). The first-order valence-corrected chi connectivity index (χ1v) is 39.8. The zero-order valence-electron chi connectivity index (χ0n) is 58.5. The summed E-state index contributed by atoms with van der Waals surface area (Å²) in [6.07, 6.45) is 2.46. The number of aromatic nitrogens is 3. The standard InChI is InChI=1S/C20H15F2N7O.4C18H15P.Pd/c1-20(10-29-9-13(7-23)26-18(29)17(24)28-20)14-6-12(3-4-15(14)22)27-19(30)16-5-2-11(21)8-25-16;4*1-4-10-16(11-5-1)19(17-12-6-2-7-13-17)18-14-8-3-9-15-18;/h2-6,8-9H,10H2,1H3,(H2,24,28)(H,27,30);4*1-15H;/t20-;;;;;/m0...../s1. The molecule has 1 amide bonds. The molecule has 3 heterocycles. The van der Waals surface area contributed by atoms with Crippen LogP contribution >= 0.6 is 31.7 Å². The van der Waals surface area contributed by atoms with Gasteiger partial charge < -0.3 is 15.6 Å². The fraction of sp³-hybridized carbons (Fsp3) is 0.0326. The summed E-state index contributed by atoms with van der Waals surface area (Å²) in [6.45, 7) is 1.89. The number of nitriles is 1. The van der Waals surface area contributed by atoms with Gasteiger partial charge in [0.1, 0.15) is 28.9 Å². The van der Waals surface area contributed by atoms with Crippen molar-refractivity contribution in [3.8, 4) is 6.07 Å². The number of nitrogens with zero attached hydrogens (tertiary/aromatic N) is 5. The van der Waals surface area contributed by atoms with Crippen molar-refractivity contribution in [2.75, 3.05) is 5.32 Å². The van der Waals surface area contributed by atoms with E-state index in [-0.39, 0.29) is 49.8 Å². The van der Waals surface area contributed by atoms with Crippen LogP contribution in [0.4, 0.5) is 14.5 Å². The smallest absolute Gasteiger partial charge is 0.274 e. The molecule has 107 heavy (non-hydrogen) atoms. The average Bonchev–Trinajstić information content (AvgIpc) is 1.71. The summed E-state index contributed by atoms with van der Waals surface area (Å²) >= 11 is 0. The van der Waals surface area contributed by atoms with Crippen LogP contribution in [0.25, 0.3) is 0 Å². The van der Waals surface area contributed by atoms with E-state index < -0.39 is 54.8 Å². The Bertz CT molecular complexity index is 4400. The van der Waals surface area contributed by atoms with Gasteiger partial charge in [-0.05, 0) is 133 Å². The van der Waals surface area contributed by atoms with Crippen LogP contribution in [0, 0.1) is 23.0 Å². The minimum absolute atomic E-state index is 0. The van der Waals surface area contributed by atoms with Crippen molar-refractivity contribution < 1.29 is 34.0 Å². The number of nitrogens with one attached hydrogen (secondary N) is 1. The molecule has 0 saturated carbocycles. The Kier molecular flexibility index (Phi) is 28.3. The van der Waals surface area contributed by atoms with Crippen molar-refractivity contribution in [1.29, 1.82) is 5.26 Å². The van der Waals surface area contributed by atoms with Gasteiger partial charge in [-0.25, -0.2) is 18.7 Å². The van der Waals surface area contributed by atoms with Gasteiger partial charge >= 0.3 is 0 Å². The van der Waals surface area contributed by atoms with Gasteiger partial charge in [-0.15, -0.1) is 0 Å². The fourth-order valence-corrected chi connectivity index (χ4v) is 21.3. The second kappa shape index (κ2) is 39.3. The number of aliphatic imine (C=N–C) groups is 1. The number of benzene rings is 13. The maximum absolute atomic E-state index is 14.7. The molecular weight excluding hydrogens is 1490 g/mol. The number of fused-ring (bicyclic) bond motifs is 1. The van der Waals surface area contributed by atoms with E-state index >= 15 is 0 Å². The molecular formula is C92H75F2N7OP4Pd. The van der Waals surface area contributed by atoms with Crippen LogP contribution in [0.15, 0.2) is 412 Å². The van der Waals surface area contributed by atoms with Crippen LogP contribution in [0.5, 0.6) is 0 Å². The molecule has 1 aliphatic rings. The van der Waals surface area contributed by atoms with E-state index in [9.17, 15) is 13.6 Å². The maximum Gasteiger partial charge on any atom is 0.274 e. The summed E-state index contributed by atoms with van der Waals surface area (Å²) in [6, 6.07) is 138. The third kappa shape index (κ3) is 20.9. The predicted octanol–water partition coefficient (Wildman–Crippen LogP) is 16.1. The van der Waals surface area contributed by atoms with Gasteiger partial charge in [-0.2, -0.15) is 5.26 Å². The number of pyridine rings is 1. The second-order valence-electron chi connectivity index (χ2n) is 24.3. The number of hydrogen-bond donors (Lipinski definition) is 2. The minimum atomic E-state index is -1.09. The third-order valence-electron chi connectivity index (χ3n) is 16.9. The molecule has 0 fully saturated rings. The van der Waals surface area contributed by atoms with Crippen LogP contribution in [-0.4, -0.2) is 26.3 Å². The van der Waals surface area contributed by atoms with E-state index in [0.29, 0.717) is 11.5 Å². The Balaban J connectivity index is 0.000000135. The molecule has 0 spiro atoms. The number of amides is 1. The number of hydrogen-bond acceptors (Lipinski definition) is 6. The molecule has 0 radical (unpaired) electrons. The van der Waals surface area contributed by atoms with Gasteiger partial charge in [0.2, 0.25) is 0 Å². The van der Waals surface area contributed by atoms with Gasteiger partial charge in [0.25, 0.3) is 5.91 Å². The second-order valence-corrected chi connectivity index (χ2v) is 33.2. The third-order valence-corrected chi connectivity index (χ3v) is 26.7. The summed E-state index contributed by atoms with van der Waals surface area (Å²) in [5.74, 6) is -1.24. The van der Waals surface area contributed by atoms with Crippen LogP contribution in [-0.2, 0) is 32.5 Å². The molecule has 0 unspecified atom stereocenters. The summed E-state index contributed by atoms with van der Waals surface area (Å²) < 4.78 is 29.4. The molecule has 2 aromatic heterocycles. The Morgan fingerprint density at radius 3 is 0.935 bits per heavy atom. The number of amidine groups is 1. The van der Waals surface area contributed by atoms with E-state index in [2.05, 4.69) is 384 Å². The van der Waals surface area contributed by atoms with Gasteiger partial charge in [0.05, 0.1) is 12.7 Å². The van der Waals surface area contributed by atoms with E-state index in [1.165, 1.54) is 94.1 Å². The number of rotatable bonds is 15. The van der Waals surface area contributed by atoms with E-state index in [4.69, 9.17) is 11.0 Å². The van der Waals surface area contributed by atoms with Gasteiger partial charge in [-0.1, -0.05) is 364 Å². The van der Waals surface area contributed by atoms with Crippen LogP contribution in [0.3, 0.4) is 0 Å². The summed E-state index contributed by atoms with van der Waals surface area (Å²) in [4.78, 5) is 24.6. The van der Waals surface area contributed by atoms with Gasteiger partial charge in [0, 0.05) is 37.9 Å². The van der Waals surface area contributed by atoms with Crippen LogP contribution in [0.1, 0.15) is 34.5 Å². The number of nitrogens with two attached hydrogens (primary N) is 1. The molecule has 3 N–H and O–H groups in total. The first-order valence-electron chi connectivity index (χ1n) is 34.5. The fourth-order valence-electron chi connectivity index (χ4n) is 12.1. The van der Waals surface area contributed by atoms with E-state index in [0.717, 1.165) is 12.3 Å². The van der Waals surface area contributed by atoms with Gasteiger partial charge in [-0.3, -0.25) is 9.79 Å². The molecule has 8 nitrogen and oxygen atoms in total. The number of carbonyl (C=O) groups is 1. The number of halogens is 2. The predicted molar refractivity (Wildman–Crippen MR) is 444 cm³/mol. The Morgan fingerprint density at radius 2 is 0.692 bits per heavy atom. The van der Waals surface area contributed by atoms with Gasteiger partial charge in [0.15, 0.2) is 17.4 Å². The molecule has 528 valence electrons. The Hall–Kier alpha value is -11.1. The SMILES string of the molecule is C[C@@]1(c2cc(NC(=O)c3ccc(F)cn3)ccc2F)Cn2cc(C#N)nc2C(N)=N1.[Pd].c1ccc(P(c2ccccc2)c2ccccc2)cc1.c1ccc(P(c2ccccc2)c2ccccc2)cc1.c1ccc(P(c2ccccc2)c2ccccc2)cc1.c1ccc(P(c2ccccc2)c2ccccc2)cc1. The van der Waals surface area contributed by atoms with Crippen molar-refractivity contribution in [1.82, 2.24) is 14.5 Å². The van der Waals surface area contributed by atoms with E-state index in [1.54, 1.807) is 11.5 Å². The Labute approximate surface area is 644 Å². The maximum atomic E-state index is 14.7. The minimum Gasteiger partial charge on any atom is -0.381 e. The number of imidazole rings is 1. The van der Waals surface area contributed by atoms with E-state index in [1.807, 2.05) is 6.07 Å². The van der Waals surface area contributed by atoms with Crippen molar-refractivity contribution >= 4 is 113 Å². The molecule has 0 saturated heterocycles. The monoisotopic (exact) mass is 1560 g/mol.